The van der Waals surface area contributed by atoms with E-state index in [0.29, 0.717) is 0 Å². The maximum Gasteiger partial charge on any atom is 0.128 e. The third kappa shape index (κ3) is 3.00. The van der Waals surface area contributed by atoms with E-state index >= 15 is 0 Å². The fraction of sp³-hybridized carbons (Fsp3) is 0.333. The Morgan fingerprint density at radius 2 is 1.71 bits per heavy atom. The highest BCUT2D eigenvalue weighted by atomic mass is 79.9. The smallest absolute Gasteiger partial charge is 0.128 e. The van der Waals surface area contributed by atoms with Gasteiger partial charge in [0.25, 0.3) is 0 Å². The van der Waals surface area contributed by atoms with Crippen LogP contribution in [0.5, 0.6) is 11.5 Å². The van der Waals surface area contributed by atoms with Crippen LogP contribution in [0.15, 0.2) is 51.8 Å². The maximum atomic E-state index is 5.98. The Morgan fingerprint density at radius 3 is 2.48 bits per heavy atom. The van der Waals surface area contributed by atoms with Gasteiger partial charge in [-0.2, -0.15) is 0 Å². The normalized spacial score (nSPS) is 20.9. The Bertz CT molecular complexity index is 649. The summed E-state index contributed by atoms with van der Waals surface area (Å²) in [5.41, 5.74) is 1.55. The summed E-state index contributed by atoms with van der Waals surface area (Å²) in [5, 5.41) is 0. The summed E-state index contributed by atoms with van der Waals surface area (Å²) in [5.74, 6) is 4.82. The van der Waals surface area contributed by atoms with Crippen molar-refractivity contribution in [1.29, 1.82) is 0 Å². The number of rotatable bonds is 3. The van der Waals surface area contributed by atoms with E-state index in [4.69, 9.17) is 4.74 Å². The number of hydrogen-bond acceptors (Lipinski definition) is 2. The second kappa shape index (κ2) is 5.69. The molecular formula is C18H17BrOS. The van der Waals surface area contributed by atoms with E-state index in [-0.39, 0.29) is 0 Å². The topological polar surface area (TPSA) is 9.23 Å². The van der Waals surface area contributed by atoms with E-state index in [1.165, 1.54) is 29.9 Å². The van der Waals surface area contributed by atoms with Crippen molar-refractivity contribution in [3.63, 3.8) is 0 Å². The van der Waals surface area contributed by atoms with Crippen molar-refractivity contribution in [1.82, 2.24) is 0 Å². The lowest BCUT2D eigenvalue weighted by atomic mass is 9.91. The molecule has 0 bridgehead atoms. The number of thioether (sulfide) groups is 1. The van der Waals surface area contributed by atoms with Gasteiger partial charge in [-0.05, 0) is 78.8 Å². The number of halogens is 1. The van der Waals surface area contributed by atoms with Crippen molar-refractivity contribution in [2.45, 2.75) is 30.1 Å². The molecule has 0 aromatic heterocycles. The van der Waals surface area contributed by atoms with E-state index in [2.05, 4.69) is 34.1 Å². The number of ether oxygens (including phenoxy) is 1. The largest absolute Gasteiger partial charge is 0.457 e. The van der Waals surface area contributed by atoms with Gasteiger partial charge in [-0.1, -0.05) is 22.0 Å². The molecule has 0 spiro atoms. The highest BCUT2D eigenvalue weighted by Crippen LogP contribution is 2.50. The molecular weight excluding hydrogens is 344 g/mol. The lowest BCUT2D eigenvalue weighted by molar-refractivity contribution is 0.479. The zero-order valence-corrected chi connectivity index (χ0v) is 14.1. The van der Waals surface area contributed by atoms with Gasteiger partial charge in [-0.15, -0.1) is 11.8 Å². The molecule has 2 aliphatic rings. The van der Waals surface area contributed by atoms with Crippen LogP contribution >= 0.6 is 27.7 Å². The summed E-state index contributed by atoms with van der Waals surface area (Å²) >= 11 is 5.42. The summed E-state index contributed by atoms with van der Waals surface area (Å²) in [4.78, 5) is 1.42. The van der Waals surface area contributed by atoms with Crippen molar-refractivity contribution in [2.75, 3.05) is 5.75 Å². The second-order valence-electron chi connectivity index (χ2n) is 5.84. The van der Waals surface area contributed by atoms with E-state index in [1.54, 1.807) is 5.56 Å². The lowest BCUT2D eigenvalue weighted by Gasteiger charge is -2.25. The molecule has 1 heterocycles. The Balaban J connectivity index is 1.58. The molecule has 0 N–H and O–H groups in total. The molecule has 2 aromatic carbocycles. The van der Waals surface area contributed by atoms with Crippen LogP contribution in [0.2, 0.25) is 0 Å². The lowest BCUT2D eigenvalue weighted by Crippen LogP contribution is -2.09. The number of hydrogen-bond donors (Lipinski definition) is 0. The first kappa shape index (κ1) is 13.7. The molecule has 21 heavy (non-hydrogen) atoms. The van der Waals surface area contributed by atoms with Crippen LogP contribution in [0.4, 0.5) is 0 Å². The minimum Gasteiger partial charge on any atom is -0.457 e. The van der Waals surface area contributed by atoms with Crippen LogP contribution < -0.4 is 4.74 Å². The van der Waals surface area contributed by atoms with Gasteiger partial charge in [0.1, 0.15) is 11.5 Å². The summed E-state index contributed by atoms with van der Waals surface area (Å²) in [6.07, 6.45) is 4.19. The maximum absolute atomic E-state index is 5.98. The highest BCUT2D eigenvalue weighted by molar-refractivity contribution is 9.10. The molecule has 0 amide bonds. The van der Waals surface area contributed by atoms with Gasteiger partial charge >= 0.3 is 0 Å². The van der Waals surface area contributed by atoms with Crippen LogP contribution in [-0.4, -0.2) is 5.75 Å². The van der Waals surface area contributed by atoms with Crippen LogP contribution in [-0.2, 0) is 0 Å². The Morgan fingerprint density at radius 1 is 0.952 bits per heavy atom. The van der Waals surface area contributed by atoms with E-state index in [1.807, 2.05) is 36.0 Å². The van der Waals surface area contributed by atoms with E-state index in [0.717, 1.165) is 27.8 Å². The van der Waals surface area contributed by atoms with Gasteiger partial charge in [0.2, 0.25) is 0 Å². The first-order valence-corrected chi connectivity index (χ1v) is 9.27. The number of fused-ring (bicyclic) bond motifs is 1. The minimum absolute atomic E-state index is 0.794. The van der Waals surface area contributed by atoms with Crippen LogP contribution in [0.25, 0.3) is 0 Å². The SMILES string of the molecule is Brc1ccc(Oc2ccc3c(c2)SCCC3C2CC2)cc1. The summed E-state index contributed by atoms with van der Waals surface area (Å²) in [6.45, 7) is 0. The fourth-order valence-electron chi connectivity index (χ4n) is 3.09. The monoisotopic (exact) mass is 360 g/mol. The number of benzene rings is 2. The molecule has 2 aromatic rings. The van der Waals surface area contributed by atoms with Gasteiger partial charge in [-0.25, -0.2) is 0 Å². The Kier molecular flexibility index (Phi) is 3.72. The fourth-order valence-corrected chi connectivity index (χ4v) is 4.53. The molecule has 3 heteroatoms. The average molecular weight is 361 g/mol. The first-order valence-electron chi connectivity index (χ1n) is 7.50. The van der Waals surface area contributed by atoms with Crippen molar-refractivity contribution in [3.8, 4) is 11.5 Å². The van der Waals surface area contributed by atoms with Crippen molar-refractivity contribution < 1.29 is 4.74 Å². The summed E-state index contributed by atoms with van der Waals surface area (Å²) < 4.78 is 7.05. The highest BCUT2D eigenvalue weighted by Gasteiger charge is 2.35. The Hall–Kier alpha value is -0.930. The molecule has 1 aliphatic heterocycles. The third-order valence-electron chi connectivity index (χ3n) is 4.31. The predicted molar refractivity (Wildman–Crippen MR) is 91.5 cm³/mol. The molecule has 1 aliphatic carbocycles. The van der Waals surface area contributed by atoms with Gasteiger partial charge in [0, 0.05) is 9.37 Å². The minimum atomic E-state index is 0.794. The van der Waals surface area contributed by atoms with Gasteiger partial charge in [0.15, 0.2) is 0 Å². The molecule has 1 nitrogen and oxygen atoms in total. The van der Waals surface area contributed by atoms with Crippen molar-refractivity contribution >= 4 is 27.7 Å². The molecule has 1 fully saturated rings. The molecule has 1 atom stereocenters. The third-order valence-corrected chi connectivity index (χ3v) is 5.94. The van der Waals surface area contributed by atoms with E-state index < -0.39 is 0 Å². The standard InChI is InChI=1S/C18H17BrOS/c19-13-3-5-14(6-4-13)20-15-7-8-17-16(12-1-2-12)9-10-21-18(17)11-15/h3-8,11-12,16H,1-2,9-10H2. The zero-order valence-electron chi connectivity index (χ0n) is 11.7. The molecule has 0 radical (unpaired) electrons. The predicted octanol–water partition coefficient (Wildman–Crippen LogP) is 6.23. The van der Waals surface area contributed by atoms with Gasteiger partial charge < -0.3 is 4.74 Å². The first-order chi connectivity index (χ1) is 10.3. The summed E-state index contributed by atoms with van der Waals surface area (Å²) in [7, 11) is 0. The summed E-state index contributed by atoms with van der Waals surface area (Å²) in [6, 6.07) is 14.6. The molecule has 4 rings (SSSR count). The quantitative estimate of drug-likeness (QED) is 0.641. The van der Waals surface area contributed by atoms with Crippen LogP contribution in [0, 0.1) is 5.92 Å². The van der Waals surface area contributed by atoms with Crippen LogP contribution in [0.3, 0.4) is 0 Å². The second-order valence-corrected chi connectivity index (χ2v) is 7.89. The van der Waals surface area contributed by atoms with E-state index in [9.17, 15) is 0 Å². The van der Waals surface area contributed by atoms with Gasteiger partial charge in [0.05, 0.1) is 0 Å². The zero-order chi connectivity index (χ0) is 14.2. The molecule has 108 valence electrons. The van der Waals surface area contributed by atoms with Crippen LogP contribution in [0.1, 0.15) is 30.7 Å². The van der Waals surface area contributed by atoms with Crippen molar-refractivity contribution in [2.24, 2.45) is 5.92 Å². The average Bonchev–Trinajstić information content (AvgIpc) is 3.33. The Labute approximate surface area is 138 Å². The molecule has 1 unspecified atom stereocenters. The molecule has 0 saturated heterocycles. The van der Waals surface area contributed by atoms with Crippen molar-refractivity contribution in [3.05, 3.63) is 52.5 Å². The van der Waals surface area contributed by atoms with Gasteiger partial charge in [-0.3, -0.25) is 0 Å². The molecule has 1 saturated carbocycles.